The average molecular weight is 291 g/mol. The fourth-order valence-electron chi connectivity index (χ4n) is 2.15. The molecule has 2 aromatic heterocycles. The third-order valence-corrected chi connectivity index (χ3v) is 3.46. The molecule has 104 valence electrons. The molecule has 3 rings (SSSR count). The first-order valence-corrected chi connectivity index (χ1v) is 6.95. The summed E-state index contributed by atoms with van der Waals surface area (Å²) in [5.74, 6) is 1.17. The van der Waals surface area contributed by atoms with Crippen molar-refractivity contribution in [2.45, 2.75) is 6.42 Å². The fourth-order valence-corrected chi connectivity index (χ4v) is 2.32. The summed E-state index contributed by atoms with van der Waals surface area (Å²) >= 11 is 5.90. The second-order valence-electron chi connectivity index (χ2n) is 4.74. The van der Waals surface area contributed by atoms with Crippen LogP contribution in [0.5, 0.6) is 0 Å². The fraction of sp³-hybridized carbons (Fsp3) is 0.357. The van der Waals surface area contributed by atoms with Gasteiger partial charge in [0, 0.05) is 37.0 Å². The molecule has 1 aliphatic heterocycles. The van der Waals surface area contributed by atoms with Gasteiger partial charge in [0.15, 0.2) is 0 Å². The number of nitrogens with zero attached hydrogens (tertiary/aromatic N) is 3. The van der Waals surface area contributed by atoms with Crippen molar-refractivity contribution in [2.75, 3.05) is 25.1 Å². The van der Waals surface area contributed by atoms with Gasteiger partial charge in [-0.25, -0.2) is 15.0 Å². The van der Waals surface area contributed by atoms with Crippen LogP contribution >= 0.6 is 11.6 Å². The van der Waals surface area contributed by atoms with E-state index in [0.717, 1.165) is 37.4 Å². The topological polar surface area (TPSA) is 59.9 Å². The Kier molecular flexibility index (Phi) is 4.08. The van der Waals surface area contributed by atoms with Crippen LogP contribution in [0.2, 0.25) is 5.15 Å². The van der Waals surface area contributed by atoms with Gasteiger partial charge in [0.1, 0.15) is 5.15 Å². The molecule has 5 nitrogen and oxygen atoms in total. The summed E-state index contributed by atoms with van der Waals surface area (Å²) in [6.07, 6.45) is 4.50. The van der Waals surface area contributed by atoms with Crippen LogP contribution in [0.4, 0.5) is 5.95 Å². The number of hydrogen-bond donors (Lipinski definition) is 1. The molecular formula is C14H15ClN4O. The van der Waals surface area contributed by atoms with Gasteiger partial charge >= 0.3 is 0 Å². The molecule has 0 saturated carbocycles. The van der Waals surface area contributed by atoms with Crippen molar-refractivity contribution in [2.24, 2.45) is 5.92 Å². The summed E-state index contributed by atoms with van der Waals surface area (Å²) in [6.45, 7) is 2.50. The van der Waals surface area contributed by atoms with Crippen molar-refractivity contribution in [3.05, 3.63) is 35.7 Å². The lowest BCUT2D eigenvalue weighted by atomic mass is 10.1. The zero-order valence-electron chi connectivity index (χ0n) is 10.9. The van der Waals surface area contributed by atoms with E-state index in [2.05, 4.69) is 20.3 Å². The largest absolute Gasteiger partial charge is 0.381 e. The molecule has 0 aliphatic carbocycles. The number of rotatable bonds is 4. The molecule has 1 atom stereocenters. The van der Waals surface area contributed by atoms with E-state index >= 15 is 0 Å². The lowest BCUT2D eigenvalue weighted by molar-refractivity contribution is 0.187. The lowest BCUT2D eigenvalue weighted by Crippen LogP contribution is -2.15. The van der Waals surface area contributed by atoms with Crippen LogP contribution in [0.25, 0.3) is 11.3 Å². The van der Waals surface area contributed by atoms with Gasteiger partial charge in [-0.2, -0.15) is 0 Å². The summed E-state index contributed by atoms with van der Waals surface area (Å²) < 4.78 is 5.35. The lowest BCUT2D eigenvalue weighted by Gasteiger charge is -2.10. The van der Waals surface area contributed by atoms with Crippen LogP contribution in [-0.2, 0) is 4.74 Å². The third-order valence-electron chi connectivity index (χ3n) is 3.25. The Bertz CT molecular complexity index is 587. The standard InChI is InChI=1S/C14H15ClN4O/c15-13-7-11(1-4-16-13)12-2-5-17-14(19-12)18-8-10-3-6-20-9-10/h1-2,4-5,7,10H,3,6,8-9H2,(H,17,18,19). The SMILES string of the molecule is Clc1cc(-c2ccnc(NCC3CCOC3)n2)ccn1. The number of hydrogen-bond acceptors (Lipinski definition) is 5. The molecule has 1 aliphatic rings. The van der Waals surface area contributed by atoms with Crippen LogP contribution in [-0.4, -0.2) is 34.7 Å². The monoisotopic (exact) mass is 290 g/mol. The van der Waals surface area contributed by atoms with Crippen molar-refractivity contribution in [3.8, 4) is 11.3 Å². The Balaban J connectivity index is 1.72. The van der Waals surface area contributed by atoms with Gasteiger partial charge < -0.3 is 10.1 Å². The summed E-state index contributed by atoms with van der Waals surface area (Å²) in [4.78, 5) is 12.7. The van der Waals surface area contributed by atoms with Crippen molar-refractivity contribution >= 4 is 17.5 Å². The minimum absolute atomic E-state index is 0.457. The molecule has 20 heavy (non-hydrogen) atoms. The molecule has 1 unspecified atom stereocenters. The minimum atomic E-state index is 0.457. The summed E-state index contributed by atoms with van der Waals surface area (Å²) in [5.41, 5.74) is 1.76. The van der Waals surface area contributed by atoms with E-state index in [9.17, 15) is 0 Å². The summed E-state index contributed by atoms with van der Waals surface area (Å²) in [5, 5.41) is 3.72. The predicted molar refractivity (Wildman–Crippen MR) is 77.7 cm³/mol. The maximum atomic E-state index is 5.90. The molecule has 1 saturated heterocycles. The maximum Gasteiger partial charge on any atom is 0.223 e. The van der Waals surface area contributed by atoms with E-state index in [1.807, 2.05) is 12.1 Å². The highest BCUT2D eigenvalue weighted by molar-refractivity contribution is 6.29. The highest BCUT2D eigenvalue weighted by atomic mass is 35.5. The van der Waals surface area contributed by atoms with E-state index in [-0.39, 0.29) is 0 Å². The number of anilines is 1. The molecular weight excluding hydrogens is 276 g/mol. The van der Waals surface area contributed by atoms with Crippen LogP contribution < -0.4 is 5.32 Å². The molecule has 0 radical (unpaired) electrons. The van der Waals surface area contributed by atoms with Gasteiger partial charge in [-0.05, 0) is 24.6 Å². The highest BCUT2D eigenvalue weighted by Crippen LogP contribution is 2.20. The third kappa shape index (κ3) is 3.23. The minimum Gasteiger partial charge on any atom is -0.381 e. The molecule has 0 aromatic carbocycles. The van der Waals surface area contributed by atoms with Crippen molar-refractivity contribution in [3.63, 3.8) is 0 Å². The Labute approximate surface area is 122 Å². The van der Waals surface area contributed by atoms with Crippen molar-refractivity contribution in [1.82, 2.24) is 15.0 Å². The van der Waals surface area contributed by atoms with E-state index in [0.29, 0.717) is 17.0 Å². The Hall–Kier alpha value is -1.72. The first-order chi connectivity index (χ1) is 9.81. The second-order valence-corrected chi connectivity index (χ2v) is 5.13. The number of halogens is 1. The Morgan fingerprint density at radius 1 is 1.30 bits per heavy atom. The van der Waals surface area contributed by atoms with E-state index in [1.54, 1.807) is 18.5 Å². The molecule has 0 bridgehead atoms. The average Bonchev–Trinajstić information content (AvgIpc) is 2.99. The molecule has 0 amide bonds. The zero-order valence-corrected chi connectivity index (χ0v) is 11.7. The van der Waals surface area contributed by atoms with Gasteiger partial charge in [0.25, 0.3) is 0 Å². The van der Waals surface area contributed by atoms with Gasteiger partial charge in [-0.1, -0.05) is 11.6 Å². The zero-order chi connectivity index (χ0) is 13.8. The van der Waals surface area contributed by atoms with Crippen LogP contribution in [0, 0.1) is 5.92 Å². The first kappa shape index (κ1) is 13.3. The number of ether oxygens (including phenoxy) is 1. The van der Waals surface area contributed by atoms with Crippen molar-refractivity contribution in [1.29, 1.82) is 0 Å². The molecule has 2 aromatic rings. The van der Waals surface area contributed by atoms with Gasteiger partial charge in [-0.15, -0.1) is 0 Å². The van der Waals surface area contributed by atoms with Crippen molar-refractivity contribution < 1.29 is 4.74 Å². The van der Waals surface area contributed by atoms with E-state index in [1.165, 1.54) is 0 Å². The molecule has 0 spiro atoms. The van der Waals surface area contributed by atoms with Gasteiger partial charge in [0.05, 0.1) is 12.3 Å². The van der Waals surface area contributed by atoms with Gasteiger partial charge in [-0.3, -0.25) is 0 Å². The first-order valence-electron chi connectivity index (χ1n) is 6.58. The summed E-state index contributed by atoms with van der Waals surface area (Å²) in [6, 6.07) is 5.52. The molecule has 1 fully saturated rings. The second kappa shape index (κ2) is 6.15. The number of nitrogens with one attached hydrogen (secondary N) is 1. The van der Waals surface area contributed by atoms with E-state index < -0.39 is 0 Å². The number of pyridine rings is 1. The molecule has 3 heterocycles. The molecule has 6 heteroatoms. The maximum absolute atomic E-state index is 5.90. The predicted octanol–water partition coefficient (Wildman–Crippen LogP) is 2.64. The van der Waals surface area contributed by atoms with E-state index in [4.69, 9.17) is 16.3 Å². The number of aromatic nitrogens is 3. The van der Waals surface area contributed by atoms with Crippen LogP contribution in [0.3, 0.4) is 0 Å². The normalized spacial score (nSPS) is 18.1. The van der Waals surface area contributed by atoms with Crippen LogP contribution in [0.1, 0.15) is 6.42 Å². The highest BCUT2D eigenvalue weighted by Gasteiger charge is 2.15. The Morgan fingerprint density at radius 2 is 2.20 bits per heavy atom. The van der Waals surface area contributed by atoms with Crippen LogP contribution in [0.15, 0.2) is 30.6 Å². The summed E-state index contributed by atoms with van der Waals surface area (Å²) in [7, 11) is 0. The Morgan fingerprint density at radius 3 is 3.00 bits per heavy atom. The quantitative estimate of drug-likeness (QED) is 0.877. The van der Waals surface area contributed by atoms with Gasteiger partial charge in [0.2, 0.25) is 5.95 Å². The smallest absolute Gasteiger partial charge is 0.223 e. The molecule has 1 N–H and O–H groups in total.